The van der Waals surface area contributed by atoms with Crippen molar-refractivity contribution in [3.8, 4) is 0 Å². The third kappa shape index (κ3) is 6.99. The third-order valence-corrected chi connectivity index (χ3v) is 1.70. The van der Waals surface area contributed by atoms with Crippen molar-refractivity contribution in [1.29, 1.82) is 0 Å². The molecular formula is C6H18Br2N2. The molecule has 0 saturated carbocycles. The molecule has 0 aromatic carbocycles. The lowest BCUT2D eigenvalue weighted by molar-refractivity contribution is -1.01. The topological polar surface area (TPSA) is 16.6 Å². The molecule has 2 nitrogen and oxygen atoms in total. The average molecular weight is 278 g/mol. The summed E-state index contributed by atoms with van der Waals surface area (Å²) in [6.45, 7) is 2.22. The lowest BCUT2D eigenvalue weighted by Crippen LogP contribution is -3.00. The fraction of sp³-hybridized carbons (Fsp3) is 1.00. The van der Waals surface area contributed by atoms with E-state index in [1.807, 2.05) is 0 Å². The van der Waals surface area contributed by atoms with Crippen LogP contribution in [0.2, 0.25) is 0 Å². The van der Waals surface area contributed by atoms with Crippen molar-refractivity contribution in [2.75, 3.05) is 28.2 Å². The van der Waals surface area contributed by atoms with Crippen molar-refractivity contribution in [1.82, 2.24) is 0 Å². The summed E-state index contributed by atoms with van der Waals surface area (Å²) in [5.74, 6) is 0. The molecule has 2 N–H and O–H groups in total. The van der Waals surface area contributed by atoms with Crippen LogP contribution in [0.5, 0.6) is 0 Å². The molecule has 1 atom stereocenters. The van der Waals surface area contributed by atoms with E-state index in [1.54, 1.807) is 0 Å². The molecule has 1 unspecified atom stereocenters. The standard InChI is InChI=1S/C6H17N2.2BrH/c1-6(7-2)8(3,4)5;;/h6-7H,1-5H3;2*1H/q+1;;/p-1. The van der Waals surface area contributed by atoms with Crippen molar-refractivity contribution in [3.63, 3.8) is 0 Å². The zero-order valence-electron chi connectivity index (χ0n) is 7.36. The molecule has 0 aliphatic heterocycles. The largest absolute Gasteiger partial charge is 1.00 e. The molecule has 0 radical (unpaired) electrons. The van der Waals surface area contributed by atoms with E-state index in [9.17, 15) is 0 Å². The molecule has 0 aromatic rings. The molecule has 0 aromatic heterocycles. The Morgan fingerprint density at radius 3 is 1.40 bits per heavy atom. The monoisotopic (exact) mass is 276 g/mol. The van der Waals surface area contributed by atoms with E-state index in [2.05, 4.69) is 40.4 Å². The highest BCUT2D eigenvalue weighted by atomic mass is 79.9. The Morgan fingerprint density at radius 2 is 1.40 bits per heavy atom. The first kappa shape index (κ1) is 17.1. The second kappa shape index (κ2) is 6.58. The van der Waals surface area contributed by atoms with Gasteiger partial charge in [-0.1, -0.05) is 0 Å². The zero-order chi connectivity index (χ0) is 6.78. The highest BCUT2D eigenvalue weighted by Gasteiger charge is 2.17. The Balaban J connectivity index is -0.000000245. The molecule has 0 aliphatic carbocycles. The number of hydrogen-bond acceptors (Lipinski definition) is 0. The molecule has 4 heteroatoms. The molecule has 66 valence electrons. The van der Waals surface area contributed by atoms with Gasteiger partial charge in [-0.15, -0.1) is 0 Å². The van der Waals surface area contributed by atoms with E-state index in [0.29, 0.717) is 6.17 Å². The number of halogens is 2. The van der Waals surface area contributed by atoms with Crippen molar-refractivity contribution in [2.24, 2.45) is 0 Å². The van der Waals surface area contributed by atoms with Crippen LogP contribution >= 0.6 is 0 Å². The number of nitrogens with zero attached hydrogens (tertiary/aromatic N) is 1. The van der Waals surface area contributed by atoms with Crippen LogP contribution < -0.4 is 39.3 Å². The van der Waals surface area contributed by atoms with Crippen molar-refractivity contribution < 1.29 is 43.8 Å². The summed E-state index contributed by atoms with van der Waals surface area (Å²) < 4.78 is 1.02. The Hall–Kier alpha value is 0.880. The molecular weight excluding hydrogens is 260 g/mol. The molecule has 0 rings (SSSR count). The van der Waals surface area contributed by atoms with Gasteiger partial charge in [0.05, 0.1) is 28.2 Å². The number of rotatable bonds is 2. The van der Waals surface area contributed by atoms with E-state index < -0.39 is 0 Å². The van der Waals surface area contributed by atoms with E-state index in [0.717, 1.165) is 4.48 Å². The normalized spacial score (nSPS) is 12.9. The molecule has 0 bridgehead atoms. The number of hydrogen-bond donors (Lipinski definition) is 1. The number of nitrogens with two attached hydrogens (primary N) is 1. The van der Waals surface area contributed by atoms with Gasteiger partial charge in [0.1, 0.15) is 0 Å². The van der Waals surface area contributed by atoms with E-state index in [-0.39, 0.29) is 34.0 Å². The van der Waals surface area contributed by atoms with Crippen LogP contribution in [0, 0.1) is 0 Å². The van der Waals surface area contributed by atoms with Crippen LogP contribution in [0.3, 0.4) is 0 Å². The summed E-state index contributed by atoms with van der Waals surface area (Å²) in [5.41, 5.74) is 0. The summed E-state index contributed by atoms with van der Waals surface area (Å²) >= 11 is 0. The Morgan fingerprint density at radius 1 is 1.10 bits per heavy atom. The van der Waals surface area contributed by atoms with Gasteiger partial charge < -0.3 is 39.3 Å². The Bertz CT molecular complexity index is 70.6. The summed E-state index contributed by atoms with van der Waals surface area (Å²) in [6.07, 6.45) is 0.662. The molecule has 0 fully saturated rings. The maximum atomic E-state index is 2.22. The first-order valence-corrected chi connectivity index (χ1v) is 3.09. The highest BCUT2D eigenvalue weighted by Crippen LogP contribution is 1.90. The van der Waals surface area contributed by atoms with Crippen LogP contribution in [0.4, 0.5) is 0 Å². The van der Waals surface area contributed by atoms with Crippen LogP contribution in [-0.2, 0) is 0 Å². The smallest absolute Gasteiger partial charge is 0.209 e. The van der Waals surface area contributed by atoms with Crippen LogP contribution in [-0.4, -0.2) is 38.8 Å². The van der Waals surface area contributed by atoms with Crippen molar-refractivity contribution in [2.45, 2.75) is 13.1 Å². The second-order valence-electron chi connectivity index (χ2n) is 3.19. The van der Waals surface area contributed by atoms with Crippen molar-refractivity contribution >= 4 is 0 Å². The van der Waals surface area contributed by atoms with Crippen LogP contribution in [0.15, 0.2) is 0 Å². The summed E-state index contributed by atoms with van der Waals surface area (Å²) in [5, 5.41) is 2.22. The molecule has 0 aliphatic rings. The molecule has 0 heterocycles. The van der Waals surface area contributed by atoms with Gasteiger partial charge in [-0.2, -0.15) is 0 Å². The van der Waals surface area contributed by atoms with Gasteiger partial charge in [-0.3, -0.25) is 4.48 Å². The minimum atomic E-state index is 0. The molecule has 0 amide bonds. The lowest BCUT2D eigenvalue weighted by atomic mass is 10.4. The van der Waals surface area contributed by atoms with Gasteiger partial charge >= 0.3 is 0 Å². The maximum Gasteiger partial charge on any atom is 0.209 e. The minimum Gasteiger partial charge on any atom is -1.00 e. The quantitative estimate of drug-likeness (QED) is 0.382. The summed E-state index contributed by atoms with van der Waals surface area (Å²) in [7, 11) is 8.70. The predicted octanol–water partition coefficient (Wildman–Crippen LogP) is -6.76. The molecule has 0 saturated heterocycles. The fourth-order valence-electron chi connectivity index (χ4n) is 0.447. The molecule has 10 heavy (non-hydrogen) atoms. The first-order chi connectivity index (χ1) is 3.48. The molecule has 0 spiro atoms. The Labute approximate surface area is 85.1 Å². The Kier molecular flexibility index (Phi) is 11.3. The van der Waals surface area contributed by atoms with E-state index in [4.69, 9.17) is 0 Å². The van der Waals surface area contributed by atoms with Gasteiger partial charge in [0, 0.05) is 6.92 Å². The van der Waals surface area contributed by atoms with Gasteiger partial charge in [-0.25, -0.2) is 0 Å². The van der Waals surface area contributed by atoms with Crippen LogP contribution in [0.25, 0.3) is 0 Å². The third-order valence-electron chi connectivity index (χ3n) is 1.70. The van der Waals surface area contributed by atoms with Gasteiger partial charge in [-0.05, 0) is 0 Å². The van der Waals surface area contributed by atoms with E-state index >= 15 is 0 Å². The van der Waals surface area contributed by atoms with Gasteiger partial charge in [0.2, 0.25) is 6.17 Å². The van der Waals surface area contributed by atoms with Gasteiger partial charge in [0.15, 0.2) is 0 Å². The first-order valence-electron chi connectivity index (χ1n) is 3.09. The fourth-order valence-corrected chi connectivity index (χ4v) is 0.447. The SMILES string of the molecule is C[NH2+]C(C)[N+](C)(C)C.[Br-].[Br-]. The lowest BCUT2D eigenvalue weighted by Gasteiger charge is -2.27. The summed E-state index contributed by atoms with van der Waals surface area (Å²) in [4.78, 5) is 0. The highest BCUT2D eigenvalue weighted by molar-refractivity contribution is 4.18. The zero-order valence-corrected chi connectivity index (χ0v) is 10.5. The predicted molar refractivity (Wildman–Crippen MR) is 35.3 cm³/mol. The number of quaternary nitrogens is 2. The minimum absolute atomic E-state index is 0. The average Bonchev–Trinajstić information content (AvgIpc) is 1.62. The van der Waals surface area contributed by atoms with E-state index in [1.165, 1.54) is 0 Å². The second-order valence-corrected chi connectivity index (χ2v) is 3.19. The van der Waals surface area contributed by atoms with Crippen molar-refractivity contribution in [3.05, 3.63) is 0 Å². The maximum absolute atomic E-state index is 2.22. The summed E-state index contributed by atoms with van der Waals surface area (Å²) in [6, 6.07) is 0. The van der Waals surface area contributed by atoms with Gasteiger partial charge in [0.25, 0.3) is 0 Å². The van der Waals surface area contributed by atoms with Crippen LogP contribution in [0.1, 0.15) is 6.92 Å².